The molecule has 2 aromatic rings. The van der Waals surface area contributed by atoms with Crippen molar-refractivity contribution in [2.45, 2.75) is 25.8 Å². The number of aromatic nitrogens is 4. The number of nitrogens with one attached hydrogen (secondary N) is 2. The van der Waals surface area contributed by atoms with E-state index in [4.69, 9.17) is 11.6 Å². The van der Waals surface area contributed by atoms with Crippen LogP contribution in [0.4, 0.5) is 5.82 Å². The molecule has 0 aliphatic rings. The highest BCUT2D eigenvalue weighted by Gasteiger charge is 2.19. The van der Waals surface area contributed by atoms with Crippen LogP contribution in [0, 0.1) is 0 Å². The molecule has 0 atom stereocenters. The molecule has 2 aromatic heterocycles. The summed E-state index contributed by atoms with van der Waals surface area (Å²) in [5.74, 6) is 1.37. The highest BCUT2D eigenvalue weighted by molar-refractivity contribution is 6.17. The van der Waals surface area contributed by atoms with Crippen molar-refractivity contribution >= 4 is 28.6 Å². The minimum atomic E-state index is -0.103. The largest absolute Gasteiger partial charge is 0.363 e. The van der Waals surface area contributed by atoms with E-state index in [1.54, 1.807) is 6.33 Å². The Kier molecular flexibility index (Phi) is 2.96. The van der Waals surface area contributed by atoms with Gasteiger partial charge in [-0.3, -0.25) is 0 Å². The average Bonchev–Trinajstić information content (AvgIpc) is 2.65. The number of halogens is 1. The fraction of sp³-hybridized carbons (Fsp3) is 0.500. The van der Waals surface area contributed by atoms with Crippen LogP contribution in [0.5, 0.6) is 0 Å². The van der Waals surface area contributed by atoms with Gasteiger partial charge in [0.1, 0.15) is 11.8 Å². The number of hydrogen-bond acceptors (Lipinski definition) is 4. The Hall–Kier alpha value is -1.36. The van der Waals surface area contributed by atoms with Gasteiger partial charge in [0.2, 0.25) is 0 Å². The third-order valence-electron chi connectivity index (χ3n) is 2.40. The van der Waals surface area contributed by atoms with Crippen molar-refractivity contribution in [2.24, 2.45) is 0 Å². The lowest BCUT2D eigenvalue weighted by Gasteiger charge is -2.25. The average molecular weight is 240 g/mol. The highest BCUT2D eigenvalue weighted by atomic mass is 35.5. The number of rotatable bonds is 4. The summed E-state index contributed by atoms with van der Waals surface area (Å²) in [5.41, 5.74) is 1.39. The molecule has 0 saturated heterocycles. The van der Waals surface area contributed by atoms with Crippen LogP contribution in [0.15, 0.2) is 12.7 Å². The Labute approximate surface area is 98.7 Å². The van der Waals surface area contributed by atoms with Crippen molar-refractivity contribution in [1.29, 1.82) is 0 Å². The van der Waals surface area contributed by atoms with Crippen molar-refractivity contribution in [3.8, 4) is 0 Å². The first-order chi connectivity index (χ1) is 7.62. The number of fused-ring (bicyclic) bond motifs is 1. The van der Waals surface area contributed by atoms with Crippen LogP contribution in [-0.2, 0) is 0 Å². The number of hydrogen-bond donors (Lipinski definition) is 2. The molecule has 0 fully saturated rings. The van der Waals surface area contributed by atoms with Crippen molar-refractivity contribution in [3.05, 3.63) is 12.7 Å². The van der Waals surface area contributed by atoms with Crippen molar-refractivity contribution in [3.63, 3.8) is 0 Å². The standard InChI is InChI=1S/C10H14ClN5/c1-10(2,3-4-11)16-9-7-8(13-5-12-7)14-6-15-9/h5-6H,3-4H2,1-2H3,(H2,12,13,14,15,16). The summed E-state index contributed by atoms with van der Waals surface area (Å²) in [5, 5.41) is 3.34. The number of nitrogens with zero attached hydrogens (tertiary/aromatic N) is 3. The predicted molar refractivity (Wildman–Crippen MR) is 64.7 cm³/mol. The second kappa shape index (κ2) is 4.25. The van der Waals surface area contributed by atoms with Gasteiger partial charge in [0, 0.05) is 11.4 Å². The molecule has 0 saturated carbocycles. The van der Waals surface area contributed by atoms with Crippen molar-refractivity contribution in [2.75, 3.05) is 11.2 Å². The first-order valence-electron chi connectivity index (χ1n) is 5.10. The first-order valence-corrected chi connectivity index (χ1v) is 5.64. The number of aromatic amines is 1. The smallest absolute Gasteiger partial charge is 0.182 e. The maximum atomic E-state index is 5.76. The van der Waals surface area contributed by atoms with Crippen molar-refractivity contribution < 1.29 is 0 Å². The lowest BCUT2D eigenvalue weighted by Crippen LogP contribution is -2.31. The molecule has 0 aromatic carbocycles. The van der Waals surface area contributed by atoms with Crippen LogP contribution < -0.4 is 5.32 Å². The maximum Gasteiger partial charge on any atom is 0.182 e. The van der Waals surface area contributed by atoms with Gasteiger partial charge in [-0.1, -0.05) is 0 Å². The number of H-pyrrole nitrogens is 1. The minimum absolute atomic E-state index is 0.103. The summed E-state index contributed by atoms with van der Waals surface area (Å²) in [6.07, 6.45) is 3.97. The normalized spacial score (nSPS) is 11.9. The molecule has 0 bridgehead atoms. The van der Waals surface area contributed by atoms with E-state index in [1.807, 2.05) is 0 Å². The maximum absolute atomic E-state index is 5.76. The summed E-state index contributed by atoms with van der Waals surface area (Å²) in [7, 11) is 0. The molecule has 5 nitrogen and oxygen atoms in total. The second-order valence-corrected chi connectivity index (χ2v) is 4.65. The Morgan fingerprint density at radius 2 is 2.19 bits per heavy atom. The molecule has 2 rings (SSSR count). The van der Waals surface area contributed by atoms with E-state index in [2.05, 4.69) is 39.1 Å². The van der Waals surface area contributed by atoms with Gasteiger partial charge in [0.15, 0.2) is 11.5 Å². The van der Waals surface area contributed by atoms with Gasteiger partial charge in [0.05, 0.1) is 6.33 Å². The molecule has 0 unspecified atom stereocenters. The number of imidazole rings is 1. The third-order valence-corrected chi connectivity index (χ3v) is 2.59. The zero-order chi connectivity index (χ0) is 11.6. The zero-order valence-electron chi connectivity index (χ0n) is 9.29. The Morgan fingerprint density at radius 3 is 2.94 bits per heavy atom. The summed E-state index contributed by atoms with van der Waals surface area (Å²) >= 11 is 5.76. The van der Waals surface area contributed by atoms with Gasteiger partial charge in [0.25, 0.3) is 0 Å². The quantitative estimate of drug-likeness (QED) is 0.803. The van der Waals surface area contributed by atoms with Gasteiger partial charge < -0.3 is 10.3 Å². The van der Waals surface area contributed by atoms with E-state index in [-0.39, 0.29) is 5.54 Å². The molecular weight excluding hydrogens is 226 g/mol. The Balaban J connectivity index is 2.30. The predicted octanol–water partition coefficient (Wildman–Crippen LogP) is 2.17. The van der Waals surface area contributed by atoms with E-state index >= 15 is 0 Å². The van der Waals surface area contributed by atoms with Crippen LogP contribution >= 0.6 is 11.6 Å². The Morgan fingerprint density at radius 1 is 1.38 bits per heavy atom. The van der Waals surface area contributed by atoms with Gasteiger partial charge in [-0.25, -0.2) is 15.0 Å². The molecular formula is C10H14ClN5. The van der Waals surface area contributed by atoms with Gasteiger partial charge in [-0.15, -0.1) is 11.6 Å². The molecule has 6 heteroatoms. The summed E-state index contributed by atoms with van der Waals surface area (Å²) < 4.78 is 0. The fourth-order valence-corrected chi connectivity index (χ4v) is 1.95. The van der Waals surface area contributed by atoms with E-state index in [0.717, 1.165) is 17.8 Å². The van der Waals surface area contributed by atoms with Crippen molar-refractivity contribution in [1.82, 2.24) is 19.9 Å². The topological polar surface area (TPSA) is 66.5 Å². The van der Waals surface area contributed by atoms with E-state index in [1.165, 1.54) is 6.33 Å². The summed E-state index contributed by atoms with van der Waals surface area (Å²) in [4.78, 5) is 15.4. The third kappa shape index (κ3) is 2.24. The summed E-state index contributed by atoms with van der Waals surface area (Å²) in [6.45, 7) is 4.17. The fourth-order valence-electron chi connectivity index (χ4n) is 1.48. The first kappa shape index (κ1) is 11.1. The van der Waals surface area contributed by atoms with Gasteiger partial charge in [-0.2, -0.15) is 0 Å². The molecule has 0 amide bonds. The van der Waals surface area contributed by atoms with E-state index in [9.17, 15) is 0 Å². The second-order valence-electron chi connectivity index (χ2n) is 4.27. The number of alkyl halides is 1. The van der Waals surface area contributed by atoms with Crippen LogP contribution in [0.1, 0.15) is 20.3 Å². The monoisotopic (exact) mass is 239 g/mol. The summed E-state index contributed by atoms with van der Waals surface area (Å²) in [6, 6.07) is 0. The molecule has 16 heavy (non-hydrogen) atoms. The van der Waals surface area contributed by atoms with Gasteiger partial charge in [-0.05, 0) is 20.3 Å². The van der Waals surface area contributed by atoms with Crippen LogP contribution in [-0.4, -0.2) is 31.4 Å². The molecule has 86 valence electrons. The highest BCUT2D eigenvalue weighted by Crippen LogP contribution is 2.21. The van der Waals surface area contributed by atoms with Crippen LogP contribution in [0.2, 0.25) is 0 Å². The molecule has 0 aliphatic carbocycles. The lowest BCUT2D eigenvalue weighted by atomic mass is 10.0. The number of anilines is 1. The molecule has 2 heterocycles. The van der Waals surface area contributed by atoms with Gasteiger partial charge >= 0.3 is 0 Å². The van der Waals surface area contributed by atoms with Crippen LogP contribution in [0.3, 0.4) is 0 Å². The molecule has 0 spiro atoms. The molecule has 2 N–H and O–H groups in total. The molecule has 0 radical (unpaired) electrons. The van der Waals surface area contributed by atoms with E-state index in [0.29, 0.717) is 11.5 Å². The van der Waals surface area contributed by atoms with E-state index < -0.39 is 0 Å². The minimum Gasteiger partial charge on any atom is -0.363 e. The van der Waals surface area contributed by atoms with Crippen LogP contribution in [0.25, 0.3) is 11.2 Å². The Bertz CT molecular complexity index is 479. The molecule has 0 aliphatic heterocycles. The zero-order valence-corrected chi connectivity index (χ0v) is 10.0. The SMILES string of the molecule is CC(C)(CCCl)Nc1ncnc2nc[nH]c12. The lowest BCUT2D eigenvalue weighted by molar-refractivity contribution is 0.548.